The number of phosphoric acid groups is 1. The summed E-state index contributed by atoms with van der Waals surface area (Å²) in [5.41, 5.74) is 9.20. The Morgan fingerprint density at radius 1 is 1.11 bits per heavy atom. The highest BCUT2D eigenvalue weighted by molar-refractivity contribution is 7.46. The zero-order chi connectivity index (χ0) is 26.3. The molecule has 0 unspecified atom stereocenters. The van der Waals surface area contributed by atoms with Crippen LogP contribution in [0.3, 0.4) is 0 Å². The molecule has 0 bridgehead atoms. The summed E-state index contributed by atoms with van der Waals surface area (Å²) in [6, 6.07) is 11.3. The molecule has 0 spiro atoms. The first-order valence-electron chi connectivity index (χ1n) is 10.7. The molecule has 9 nitrogen and oxygen atoms in total. The van der Waals surface area contributed by atoms with E-state index in [1.165, 1.54) is 6.07 Å². The number of fused-ring (bicyclic) bond motifs is 3. The molecule has 0 saturated heterocycles. The number of phosphoric ester groups is 1. The minimum Gasteiger partial charge on any atom is -0.497 e. The van der Waals surface area contributed by atoms with E-state index in [0.717, 1.165) is 41.0 Å². The number of benzene rings is 2. The molecule has 4 rings (SSSR count). The molecule has 0 aliphatic rings. The Morgan fingerprint density at radius 3 is 2.53 bits per heavy atom. The summed E-state index contributed by atoms with van der Waals surface area (Å²) in [6.45, 7) is 2.00. The van der Waals surface area contributed by atoms with Crippen molar-refractivity contribution in [2.45, 2.75) is 25.9 Å². The number of nitrogens with zero attached hydrogens (tertiary/aromatic N) is 2. The lowest BCUT2D eigenvalue weighted by atomic mass is 9.99. The maximum atomic E-state index is 14.0. The van der Waals surface area contributed by atoms with Crippen LogP contribution in [0.5, 0.6) is 5.75 Å². The topological polar surface area (TPSA) is 145 Å². The molecule has 2 aromatic heterocycles. The van der Waals surface area contributed by atoms with Gasteiger partial charge in [-0.25, -0.2) is 14.1 Å². The van der Waals surface area contributed by atoms with Gasteiger partial charge in [-0.05, 0) is 60.7 Å². The third kappa shape index (κ3) is 5.34. The van der Waals surface area contributed by atoms with Crippen molar-refractivity contribution in [3.63, 3.8) is 0 Å². The summed E-state index contributed by atoms with van der Waals surface area (Å²) < 4.78 is 47.3. The average molecular weight is 517 g/mol. The van der Waals surface area contributed by atoms with Gasteiger partial charge in [0.2, 0.25) is 0 Å². The van der Waals surface area contributed by atoms with Gasteiger partial charge in [0.1, 0.15) is 11.3 Å². The second-order valence-corrected chi connectivity index (χ2v) is 9.35. The van der Waals surface area contributed by atoms with Gasteiger partial charge in [-0.3, -0.25) is 9.78 Å². The molecule has 0 aliphatic carbocycles. The number of alkyl halides is 2. The van der Waals surface area contributed by atoms with Crippen molar-refractivity contribution in [3.8, 4) is 5.75 Å². The number of halogens is 2. The van der Waals surface area contributed by atoms with E-state index in [1.54, 1.807) is 13.3 Å². The number of hydrogen-bond donors (Lipinski definition) is 3. The van der Waals surface area contributed by atoms with Crippen LogP contribution in [0.4, 0.5) is 14.6 Å². The number of pyridine rings is 2. The van der Waals surface area contributed by atoms with Gasteiger partial charge in [0.25, 0.3) is 5.78 Å². The lowest BCUT2D eigenvalue weighted by Crippen LogP contribution is -2.31. The molecule has 4 aromatic rings. The van der Waals surface area contributed by atoms with Crippen molar-refractivity contribution in [2.75, 3.05) is 12.8 Å². The molecule has 0 aliphatic heterocycles. The molecule has 4 N–H and O–H groups in total. The van der Waals surface area contributed by atoms with Crippen LogP contribution in [0, 0.1) is 6.92 Å². The largest absolute Gasteiger partial charge is 0.497 e. The summed E-state index contributed by atoms with van der Waals surface area (Å²) in [7, 11) is -4.00. The normalized spacial score (nSPS) is 12.3. The van der Waals surface area contributed by atoms with Crippen LogP contribution < -0.4 is 10.5 Å². The second kappa shape index (κ2) is 9.51. The maximum Gasteiger partial charge on any atom is 0.474 e. The zero-order valence-electron chi connectivity index (χ0n) is 19.2. The van der Waals surface area contributed by atoms with Crippen LogP contribution >= 0.6 is 7.82 Å². The molecule has 0 atom stereocenters. The van der Waals surface area contributed by atoms with Crippen molar-refractivity contribution in [1.29, 1.82) is 0 Å². The minimum atomic E-state index is -5.61. The van der Waals surface area contributed by atoms with E-state index < -0.39 is 25.3 Å². The molecule has 0 fully saturated rings. The Kier molecular flexibility index (Phi) is 6.76. The summed E-state index contributed by atoms with van der Waals surface area (Å²) in [5.74, 6) is -1.10. The fourth-order valence-electron chi connectivity index (χ4n) is 3.94. The first kappa shape index (κ1) is 25.6. The number of nitrogen functional groups attached to an aromatic ring is 1. The average Bonchev–Trinajstić information content (AvgIpc) is 2.80. The Bertz CT molecular complexity index is 1540. The Labute approximate surface area is 204 Å². The predicted octanol–water partition coefficient (Wildman–Crippen LogP) is 4.35. The van der Waals surface area contributed by atoms with Crippen molar-refractivity contribution < 1.29 is 37.2 Å². The van der Waals surface area contributed by atoms with E-state index in [1.807, 2.05) is 31.2 Å². The number of methoxy groups -OCH3 is 1. The van der Waals surface area contributed by atoms with Gasteiger partial charge in [-0.15, -0.1) is 0 Å². The van der Waals surface area contributed by atoms with Crippen LogP contribution in [-0.4, -0.2) is 38.8 Å². The lowest BCUT2D eigenvalue weighted by Gasteiger charge is -2.16. The number of carbonyl (C=O) groups excluding carboxylic acids is 1. The molecular weight excluding hydrogens is 495 g/mol. The van der Waals surface area contributed by atoms with Crippen molar-refractivity contribution in [2.24, 2.45) is 0 Å². The molecule has 0 radical (unpaired) electrons. The van der Waals surface area contributed by atoms with Gasteiger partial charge in [-0.1, -0.05) is 18.2 Å². The number of nitrogens with two attached hydrogens (primary N) is 1. The van der Waals surface area contributed by atoms with E-state index in [2.05, 4.69) is 14.5 Å². The first-order valence-corrected chi connectivity index (χ1v) is 12.2. The van der Waals surface area contributed by atoms with Crippen LogP contribution in [0.15, 0.2) is 48.7 Å². The SMILES string of the molecule is COc1ccc(CCc2cnc3c(N)nc4cc(C(=O)C(F)(F)OP(=O)(O)O)ccc4c3c2)c(C)c1. The van der Waals surface area contributed by atoms with Gasteiger partial charge in [0.15, 0.2) is 5.82 Å². The Balaban J connectivity index is 1.68. The summed E-state index contributed by atoms with van der Waals surface area (Å²) in [5, 5.41) is 1.14. The number of aromatic nitrogens is 2. The molecule has 36 heavy (non-hydrogen) atoms. The van der Waals surface area contributed by atoms with E-state index in [9.17, 15) is 18.1 Å². The number of hydrogen-bond acceptors (Lipinski definition) is 7. The zero-order valence-corrected chi connectivity index (χ0v) is 20.1. The number of ketones is 1. The highest BCUT2D eigenvalue weighted by Crippen LogP contribution is 2.44. The molecule has 12 heteroatoms. The predicted molar refractivity (Wildman–Crippen MR) is 129 cm³/mol. The van der Waals surface area contributed by atoms with Crippen molar-refractivity contribution in [3.05, 3.63) is 70.9 Å². The van der Waals surface area contributed by atoms with Gasteiger partial charge >= 0.3 is 13.9 Å². The van der Waals surface area contributed by atoms with Crippen LogP contribution in [0.2, 0.25) is 0 Å². The van der Waals surface area contributed by atoms with Crippen LogP contribution in [0.25, 0.3) is 21.8 Å². The van der Waals surface area contributed by atoms with E-state index in [0.29, 0.717) is 22.7 Å². The van der Waals surface area contributed by atoms with E-state index in [4.69, 9.17) is 20.3 Å². The standard InChI is InChI=1S/C24H22F2N3O6P/c1-13-9-17(34-2)7-5-15(13)4-3-14-10-19-18-8-6-16(22(30)24(25,26)35-36(31,32)33)11-20(18)29-23(27)21(19)28-12-14/h5-12H,3-4H2,1-2H3,(H2,27,29)(H2,31,32,33). The van der Waals surface area contributed by atoms with Crippen molar-refractivity contribution >= 4 is 41.2 Å². The molecular formula is C24H22F2N3O6P. The number of aryl methyl sites for hydroxylation is 3. The summed E-state index contributed by atoms with van der Waals surface area (Å²) in [6.07, 6.45) is -1.62. The number of ether oxygens (including phenoxy) is 1. The summed E-state index contributed by atoms with van der Waals surface area (Å²) in [4.78, 5) is 38.1. The monoisotopic (exact) mass is 517 g/mol. The van der Waals surface area contributed by atoms with E-state index >= 15 is 0 Å². The fourth-order valence-corrected chi connectivity index (χ4v) is 4.33. The number of anilines is 1. The molecule has 188 valence electrons. The second-order valence-electron chi connectivity index (χ2n) is 8.19. The summed E-state index contributed by atoms with van der Waals surface area (Å²) >= 11 is 0. The molecule has 0 saturated carbocycles. The highest BCUT2D eigenvalue weighted by Gasteiger charge is 2.46. The van der Waals surface area contributed by atoms with Crippen LogP contribution in [-0.2, 0) is 21.9 Å². The van der Waals surface area contributed by atoms with Gasteiger partial charge in [0.05, 0.1) is 12.6 Å². The van der Waals surface area contributed by atoms with Crippen LogP contribution in [0.1, 0.15) is 27.0 Å². The lowest BCUT2D eigenvalue weighted by molar-refractivity contribution is -0.145. The van der Waals surface area contributed by atoms with Gasteiger partial charge < -0.3 is 20.3 Å². The fraction of sp³-hybridized carbons (Fsp3) is 0.208. The molecule has 2 aromatic carbocycles. The van der Waals surface area contributed by atoms with Gasteiger partial charge in [0, 0.05) is 22.5 Å². The quantitative estimate of drug-likeness (QED) is 0.176. The van der Waals surface area contributed by atoms with Crippen molar-refractivity contribution in [1.82, 2.24) is 9.97 Å². The minimum absolute atomic E-state index is 0.0397. The number of rotatable bonds is 8. The van der Waals surface area contributed by atoms with E-state index in [-0.39, 0.29) is 11.3 Å². The van der Waals surface area contributed by atoms with Gasteiger partial charge in [-0.2, -0.15) is 8.78 Å². The number of Topliss-reactive ketones (excluding diaryl/α,β-unsaturated/α-hetero) is 1. The third-order valence-corrected chi connectivity index (χ3v) is 6.18. The smallest absolute Gasteiger partial charge is 0.474 e. The Hall–Kier alpha value is -3.50. The molecule has 0 amide bonds. The Morgan fingerprint density at radius 2 is 1.86 bits per heavy atom. The molecule has 2 heterocycles. The highest BCUT2D eigenvalue weighted by atomic mass is 31.2. The third-order valence-electron chi connectivity index (χ3n) is 5.71. The number of carbonyl (C=O) groups is 1. The maximum absolute atomic E-state index is 14.0. The first-order chi connectivity index (χ1) is 16.9.